The smallest absolute Gasteiger partial charge is 0.294 e. The number of furan rings is 1. The van der Waals surface area contributed by atoms with Gasteiger partial charge < -0.3 is 24.7 Å². The molecule has 6 nitrogen and oxygen atoms in total. The Morgan fingerprint density at radius 1 is 1.12 bits per heavy atom. The van der Waals surface area contributed by atoms with E-state index in [0.717, 1.165) is 25.3 Å². The van der Waals surface area contributed by atoms with E-state index in [1.165, 1.54) is 19.3 Å². The zero-order valence-corrected chi connectivity index (χ0v) is 14.7. The highest BCUT2D eigenvalue weighted by Gasteiger charge is 2.31. The highest BCUT2D eigenvalue weighted by molar-refractivity contribution is 6.10. The minimum atomic E-state index is -0.170. The largest absolute Gasteiger partial charge is 0.465 e. The molecule has 0 unspecified atom stereocenters. The Morgan fingerprint density at radius 3 is 2.73 bits per heavy atom. The number of likely N-dealkylation sites (tertiary alicyclic amines) is 1. The minimum Gasteiger partial charge on any atom is -0.465 e. The first-order valence-electron chi connectivity index (χ1n) is 9.07. The summed E-state index contributed by atoms with van der Waals surface area (Å²) in [6, 6.07) is 8.96. The molecule has 26 heavy (non-hydrogen) atoms. The summed E-state index contributed by atoms with van der Waals surface area (Å²) in [5.74, 6) is 1.31. The molecule has 0 saturated carbocycles. The Morgan fingerprint density at radius 2 is 1.96 bits per heavy atom. The van der Waals surface area contributed by atoms with E-state index < -0.39 is 0 Å². The van der Waals surface area contributed by atoms with Crippen LogP contribution in [0.1, 0.15) is 25.0 Å². The van der Waals surface area contributed by atoms with Crippen molar-refractivity contribution in [2.45, 2.75) is 19.3 Å². The van der Waals surface area contributed by atoms with Crippen molar-refractivity contribution < 1.29 is 13.9 Å². The Balaban J connectivity index is 1.61. The Hall–Kier alpha value is -2.73. The van der Waals surface area contributed by atoms with E-state index in [0.29, 0.717) is 23.7 Å². The molecule has 0 bridgehead atoms. The van der Waals surface area contributed by atoms with Crippen molar-refractivity contribution in [3.63, 3.8) is 0 Å². The quantitative estimate of drug-likeness (QED) is 0.675. The van der Waals surface area contributed by atoms with Gasteiger partial charge in [0.15, 0.2) is 11.5 Å². The maximum absolute atomic E-state index is 13.0. The molecule has 2 aliphatic heterocycles. The summed E-state index contributed by atoms with van der Waals surface area (Å²) < 4.78 is 11.2. The van der Waals surface area contributed by atoms with Crippen molar-refractivity contribution >= 4 is 23.4 Å². The van der Waals surface area contributed by atoms with Gasteiger partial charge in [0.1, 0.15) is 5.76 Å². The lowest BCUT2D eigenvalue weighted by molar-refractivity contribution is -0.117. The van der Waals surface area contributed by atoms with E-state index in [9.17, 15) is 4.79 Å². The fourth-order valence-corrected chi connectivity index (χ4v) is 3.48. The van der Waals surface area contributed by atoms with Crippen LogP contribution in [0, 0.1) is 0 Å². The van der Waals surface area contributed by atoms with Crippen molar-refractivity contribution in [3.05, 3.63) is 48.1 Å². The van der Waals surface area contributed by atoms with Crippen molar-refractivity contribution in [3.8, 4) is 5.75 Å². The molecular weight excluding hydrogens is 330 g/mol. The number of hydrogen-bond donors (Lipinski definition) is 1. The lowest BCUT2D eigenvalue weighted by Gasteiger charge is -2.33. The van der Waals surface area contributed by atoms with Gasteiger partial charge >= 0.3 is 0 Å². The fraction of sp³-hybridized carbons (Fsp3) is 0.350. The van der Waals surface area contributed by atoms with E-state index >= 15 is 0 Å². The van der Waals surface area contributed by atoms with Gasteiger partial charge in [-0.3, -0.25) is 4.79 Å². The van der Waals surface area contributed by atoms with Gasteiger partial charge in [-0.25, -0.2) is 0 Å². The number of fused-ring (bicyclic) bond motifs is 1. The number of hydrogen-bond acceptors (Lipinski definition) is 5. The Labute approximate surface area is 152 Å². The van der Waals surface area contributed by atoms with Crippen LogP contribution in [-0.4, -0.2) is 37.0 Å². The molecule has 136 valence electrons. The molecule has 0 spiro atoms. The molecule has 3 heterocycles. The van der Waals surface area contributed by atoms with E-state index in [1.54, 1.807) is 47.6 Å². The number of carbonyl (C=O) groups is 1. The highest BCUT2D eigenvalue weighted by atomic mass is 16.5. The van der Waals surface area contributed by atoms with Crippen molar-refractivity contribution in [2.75, 3.05) is 36.8 Å². The van der Waals surface area contributed by atoms with E-state index in [-0.39, 0.29) is 11.7 Å². The van der Waals surface area contributed by atoms with Crippen LogP contribution >= 0.6 is 0 Å². The van der Waals surface area contributed by atoms with Crippen molar-refractivity contribution in [1.29, 1.82) is 0 Å². The highest BCUT2D eigenvalue weighted by Crippen LogP contribution is 2.37. The van der Waals surface area contributed by atoms with Gasteiger partial charge in [-0.1, -0.05) is 6.42 Å². The van der Waals surface area contributed by atoms with Gasteiger partial charge in [-0.05, 0) is 56.3 Å². The van der Waals surface area contributed by atoms with Crippen LogP contribution in [-0.2, 0) is 4.79 Å². The van der Waals surface area contributed by atoms with Gasteiger partial charge in [0.2, 0.25) is 0 Å². The van der Waals surface area contributed by atoms with Crippen LogP contribution in [0.3, 0.4) is 0 Å². The molecule has 0 atom stereocenters. The lowest BCUT2D eigenvalue weighted by atomic mass is 10.1. The second-order valence-corrected chi connectivity index (χ2v) is 6.71. The van der Waals surface area contributed by atoms with Gasteiger partial charge in [-0.2, -0.15) is 0 Å². The molecule has 2 N–H and O–H groups in total. The summed E-state index contributed by atoms with van der Waals surface area (Å²) >= 11 is 0. The zero-order chi connectivity index (χ0) is 17.9. The average Bonchev–Trinajstić information content (AvgIpc) is 3.16. The van der Waals surface area contributed by atoms with Crippen LogP contribution < -0.4 is 15.4 Å². The summed E-state index contributed by atoms with van der Waals surface area (Å²) in [5.41, 5.74) is 7.28. The molecule has 6 heteroatoms. The van der Waals surface area contributed by atoms with Crippen molar-refractivity contribution in [1.82, 2.24) is 4.90 Å². The van der Waals surface area contributed by atoms with Gasteiger partial charge in [0.25, 0.3) is 5.91 Å². The predicted octanol–water partition coefficient (Wildman–Crippen LogP) is 3.11. The third-order valence-corrected chi connectivity index (χ3v) is 4.85. The molecule has 0 radical (unpaired) electrons. The summed E-state index contributed by atoms with van der Waals surface area (Å²) in [7, 11) is 0. The maximum atomic E-state index is 13.0. The second kappa shape index (κ2) is 7.25. The van der Waals surface area contributed by atoms with E-state index in [2.05, 4.69) is 4.90 Å². The number of rotatable bonds is 4. The normalized spacial score (nSPS) is 19.5. The molecular formula is C20H23N3O3. The van der Waals surface area contributed by atoms with E-state index in [1.807, 2.05) is 0 Å². The third-order valence-electron chi connectivity index (χ3n) is 4.85. The standard InChI is InChI=1S/C20H23N3O3/c21-15-6-7-18-17(13-15)23(11-10-22-8-2-1-3-9-22)20(24)19(26-18)14-16-5-4-12-25-16/h4-7,12-14H,1-3,8-11,21H2/b19-14+. The van der Waals surface area contributed by atoms with Crippen LogP contribution in [0.5, 0.6) is 5.75 Å². The molecule has 1 aromatic heterocycles. The summed E-state index contributed by atoms with van der Waals surface area (Å²) in [6.45, 7) is 3.64. The molecule has 1 fully saturated rings. The zero-order valence-electron chi connectivity index (χ0n) is 14.7. The molecule has 1 saturated heterocycles. The number of anilines is 2. The number of nitrogens with zero attached hydrogens (tertiary/aromatic N) is 2. The number of piperidine rings is 1. The third kappa shape index (κ3) is 3.46. The Bertz CT molecular complexity index is 808. The van der Waals surface area contributed by atoms with Gasteiger partial charge in [-0.15, -0.1) is 0 Å². The van der Waals surface area contributed by atoms with Crippen LogP contribution in [0.4, 0.5) is 11.4 Å². The van der Waals surface area contributed by atoms with Crippen LogP contribution in [0.25, 0.3) is 6.08 Å². The number of benzene rings is 1. The number of nitrogen functional groups attached to an aromatic ring is 1. The number of ether oxygens (including phenoxy) is 1. The summed E-state index contributed by atoms with van der Waals surface area (Å²) in [5, 5.41) is 0. The first-order valence-corrected chi connectivity index (χ1v) is 9.07. The first-order chi connectivity index (χ1) is 12.7. The molecule has 0 aliphatic carbocycles. The fourth-order valence-electron chi connectivity index (χ4n) is 3.48. The van der Waals surface area contributed by atoms with Crippen molar-refractivity contribution in [2.24, 2.45) is 0 Å². The lowest BCUT2D eigenvalue weighted by Crippen LogP contribution is -2.43. The SMILES string of the molecule is Nc1ccc2c(c1)N(CCN1CCCCC1)C(=O)/C(=C\c1ccco1)O2. The average molecular weight is 353 g/mol. The van der Waals surface area contributed by atoms with Crippen LogP contribution in [0.15, 0.2) is 46.8 Å². The summed E-state index contributed by atoms with van der Waals surface area (Å²) in [6.07, 6.45) is 6.95. The molecule has 1 amide bonds. The van der Waals surface area contributed by atoms with Gasteiger partial charge in [0.05, 0.1) is 12.0 Å². The molecule has 1 aromatic carbocycles. The second-order valence-electron chi connectivity index (χ2n) is 6.71. The topological polar surface area (TPSA) is 71.9 Å². The maximum Gasteiger partial charge on any atom is 0.294 e. The number of amides is 1. The Kier molecular flexibility index (Phi) is 4.67. The monoisotopic (exact) mass is 353 g/mol. The molecule has 4 rings (SSSR count). The first kappa shape index (κ1) is 16.7. The van der Waals surface area contributed by atoms with Gasteiger partial charge in [0, 0.05) is 24.9 Å². The molecule has 2 aromatic rings. The predicted molar refractivity (Wildman–Crippen MR) is 101 cm³/mol. The van der Waals surface area contributed by atoms with E-state index in [4.69, 9.17) is 14.9 Å². The molecule has 2 aliphatic rings. The number of nitrogens with two attached hydrogens (primary N) is 1. The summed E-state index contributed by atoms with van der Waals surface area (Å²) in [4.78, 5) is 17.2. The van der Waals surface area contributed by atoms with Crippen LogP contribution in [0.2, 0.25) is 0 Å². The minimum absolute atomic E-state index is 0.170. The number of carbonyl (C=O) groups excluding carboxylic acids is 1.